The Bertz CT molecular complexity index is 1060. The van der Waals surface area contributed by atoms with Crippen molar-refractivity contribution in [3.05, 3.63) is 54.1 Å². The normalized spacial score (nSPS) is 12.3. The van der Waals surface area contributed by atoms with Crippen LogP contribution in [0.25, 0.3) is 22.5 Å². The molecule has 0 unspecified atom stereocenters. The lowest BCUT2D eigenvalue weighted by molar-refractivity contribution is -0.137. The summed E-state index contributed by atoms with van der Waals surface area (Å²) in [6.45, 7) is 0. The van der Waals surface area contributed by atoms with E-state index in [4.69, 9.17) is 0 Å². The number of nitrogens with one attached hydrogen (secondary N) is 1. The van der Waals surface area contributed by atoms with Crippen LogP contribution in [0.5, 0.6) is 5.75 Å². The van der Waals surface area contributed by atoms with Crippen molar-refractivity contribution in [1.29, 1.82) is 0 Å². The van der Waals surface area contributed by atoms with E-state index in [9.17, 15) is 26.7 Å². The molecule has 9 heteroatoms. The van der Waals surface area contributed by atoms with Crippen LogP contribution in [0.4, 0.5) is 13.2 Å². The molecule has 2 aromatic carbocycles. The minimum Gasteiger partial charge on any atom is -0.507 e. The third-order valence-electron chi connectivity index (χ3n) is 3.77. The molecular formula is C17H13F3N2O3S. The van der Waals surface area contributed by atoms with Crippen molar-refractivity contribution in [3.8, 4) is 28.3 Å². The molecule has 136 valence electrons. The van der Waals surface area contributed by atoms with E-state index in [1.807, 2.05) is 0 Å². The van der Waals surface area contributed by atoms with Crippen LogP contribution in [0.1, 0.15) is 5.56 Å². The number of rotatable bonds is 3. The second-order valence-electron chi connectivity index (χ2n) is 5.69. The van der Waals surface area contributed by atoms with Crippen LogP contribution in [0, 0.1) is 0 Å². The molecule has 1 heterocycles. The van der Waals surface area contributed by atoms with Crippen molar-refractivity contribution in [2.45, 2.75) is 11.1 Å². The first-order valence-corrected chi connectivity index (χ1v) is 9.21. The van der Waals surface area contributed by atoms with Gasteiger partial charge < -0.3 is 5.11 Å². The van der Waals surface area contributed by atoms with Gasteiger partial charge in [-0.3, -0.25) is 5.10 Å². The summed E-state index contributed by atoms with van der Waals surface area (Å²) in [6, 6.07) is 9.83. The lowest BCUT2D eigenvalue weighted by Crippen LogP contribution is -2.03. The average Bonchev–Trinajstić information content (AvgIpc) is 3.03. The van der Waals surface area contributed by atoms with Crippen LogP contribution < -0.4 is 0 Å². The Morgan fingerprint density at radius 1 is 1.04 bits per heavy atom. The second-order valence-corrected chi connectivity index (χ2v) is 7.71. The summed E-state index contributed by atoms with van der Waals surface area (Å²) in [4.78, 5) is 0.0241. The number of aromatic amines is 1. The summed E-state index contributed by atoms with van der Waals surface area (Å²) in [7, 11) is -3.47. The molecule has 0 saturated carbocycles. The van der Waals surface area contributed by atoms with Crippen molar-refractivity contribution in [2.75, 3.05) is 6.26 Å². The Morgan fingerprint density at radius 3 is 2.27 bits per heavy atom. The van der Waals surface area contributed by atoms with Crippen molar-refractivity contribution in [2.24, 2.45) is 0 Å². The van der Waals surface area contributed by atoms with Crippen LogP contribution in [0.15, 0.2) is 53.4 Å². The van der Waals surface area contributed by atoms with Gasteiger partial charge in [0.2, 0.25) is 0 Å². The third-order valence-corrected chi connectivity index (χ3v) is 4.88. The first kappa shape index (κ1) is 18.0. The molecule has 0 aliphatic carbocycles. The van der Waals surface area contributed by atoms with E-state index < -0.39 is 21.6 Å². The van der Waals surface area contributed by atoms with Gasteiger partial charge in [-0.1, -0.05) is 12.1 Å². The van der Waals surface area contributed by atoms with Gasteiger partial charge in [0.15, 0.2) is 9.84 Å². The molecule has 0 atom stereocenters. The molecule has 3 aromatic rings. The molecule has 1 aromatic heterocycles. The van der Waals surface area contributed by atoms with Gasteiger partial charge in [0, 0.05) is 17.4 Å². The number of benzene rings is 2. The fourth-order valence-electron chi connectivity index (χ4n) is 2.40. The zero-order valence-electron chi connectivity index (χ0n) is 13.4. The number of hydrogen-bond donors (Lipinski definition) is 2. The SMILES string of the molecule is CS(=O)(=O)c1ccc(O)c(-c2cc(-c3ccc(C(F)(F)F)cc3)n[nH]2)c1. The number of sulfone groups is 1. The Labute approximate surface area is 147 Å². The number of halogens is 3. The number of phenols is 1. The van der Waals surface area contributed by atoms with Gasteiger partial charge in [-0.15, -0.1) is 0 Å². The van der Waals surface area contributed by atoms with Crippen LogP contribution in [-0.4, -0.2) is 30.0 Å². The predicted octanol–water partition coefficient (Wildman–Crippen LogP) is 3.87. The van der Waals surface area contributed by atoms with Crippen molar-refractivity contribution in [3.63, 3.8) is 0 Å². The summed E-state index contributed by atoms with van der Waals surface area (Å²) >= 11 is 0. The minimum atomic E-state index is -4.42. The van der Waals surface area contributed by atoms with E-state index in [0.717, 1.165) is 18.4 Å². The number of aromatic hydroxyl groups is 1. The first-order valence-electron chi connectivity index (χ1n) is 7.32. The van der Waals surface area contributed by atoms with E-state index >= 15 is 0 Å². The smallest absolute Gasteiger partial charge is 0.416 e. The molecule has 2 N–H and O–H groups in total. The Hall–Kier alpha value is -2.81. The molecular weight excluding hydrogens is 369 g/mol. The Balaban J connectivity index is 1.98. The zero-order chi connectivity index (χ0) is 19.1. The number of H-pyrrole nitrogens is 1. The maximum atomic E-state index is 12.6. The number of hydrogen-bond acceptors (Lipinski definition) is 4. The molecule has 0 aliphatic rings. The van der Waals surface area contributed by atoms with Gasteiger partial charge in [-0.25, -0.2) is 8.42 Å². The van der Waals surface area contributed by atoms with Gasteiger partial charge in [-0.2, -0.15) is 18.3 Å². The van der Waals surface area contributed by atoms with E-state index in [1.54, 1.807) is 0 Å². The maximum Gasteiger partial charge on any atom is 0.416 e. The highest BCUT2D eigenvalue weighted by Crippen LogP contribution is 2.34. The van der Waals surface area contributed by atoms with Gasteiger partial charge in [0.25, 0.3) is 0 Å². The summed E-state index contributed by atoms with van der Waals surface area (Å²) < 4.78 is 61.2. The van der Waals surface area contributed by atoms with Crippen molar-refractivity contribution >= 4 is 9.84 Å². The zero-order valence-corrected chi connectivity index (χ0v) is 14.2. The van der Waals surface area contributed by atoms with Gasteiger partial charge >= 0.3 is 6.18 Å². The van der Waals surface area contributed by atoms with E-state index in [-0.39, 0.29) is 16.2 Å². The van der Waals surface area contributed by atoms with E-state index in [0.29, 0.717) is 17.0 Å². The minimum absolute atomic E-state index is 0.0241. The topological polar surface area (TPSA) is 83.1 Å². The molecule has 0 radical (unpaired) electrons. The summed E-state index contributed by atoms with van der Waals surface area (Å²) in [5, 5.41) is 16.7. The first-order chi connectivity index (χ1) is 12.1. The molecule has 3 rings (SSSR count). The number of nitrogens with zero attached hydrogens (tertiary/aromatic N) is 1. The lowest BCUT2D eigenvalue weighted by Gasteiger charge is -2.06. The maximum absolute atomic E-state index is 12.6. The standard InChI is InChI=1S/C17H13F3N2O3S/c1-26(24,25)12-6-7-16(23)13(8-12)15-9-14(21-22-15)10-2-4-11(5-3-10)17(18,19)20/h2-9,23H,1H3,(H,21,22). The number of alkyl halides is 3. The van der Waals surface area contributed by atoms with Crippen LogP contribution in [0.3, 0.4) is 0 Å². The van der Waals surface area contributed by atoms with Gasteiger partial charge in [0.1, 0.15) is 5.75 Å². The molecule has 0 aliphatic heterocycles. The van der Waals surface area contributed by atoms with Crippen LogP contribution in [-0.2, 0) is 16.0 Å². The second kappa shape index (κ2) is 6.17. The summed E-state index contributed by atoms with van der Waals surface area (Å²) in [5.74, 6) is -0.153. The lowest BCUT2D eigenvalue weighted by atomic mass is 10.1. The van der Waals surface area contributed by atoms with E-state index in [2.05, 4.69) is 10.2 Å². The van der Waals surface area contributed by atoms with E-state index in [1.165, 1.54) is 36.4 Å². The predicted molar refractivity (Wildman–Crippen MR) is 89.2 cm³/mol. The quantitative estimate of drug-likeness (QED) is 0.720. The number of aromatic nitrogens is 2. The Morgan fingerprint density at radius 2 is 1.69 bits per heavy atom. The fourth-order valence-corrected chi connectivity index (χ4v) is 3.05. The fraction of sp³-hybridized carbons (Fsp3) is 0.118. The average molecular weight is 382 g/mol. The third kappa shape index (κ3) is 3.57. The highest BCUT2D eigenvalue weighted by Gasteiger charge is 2.30. The summed E-state index contributed by atoms with van der Waals surface area (Å²) in [6.07, 6.45) is -3.38. The summed E-state index contributed by atoms with van der Waals surface area (Å²) in [5.41, 5.74) is 0.592. The Kier molecular flexibility index (Phi) is 4.27. The monoisotopic (exact) mass is 382 g/mol. The van der Waals surface area contributed by atoms with Crippen molar-refractivity contribution < 1.29 is 26.7 Å². The molecule has 5 nitrogen and oxygen atoms in total. The molecule has 0 saturated heterocycles. The molecule has 0 fully saturated rings. The largest absolute Gasteiger partial charge is 0.507 e. The van der Waals surface area contributed by atoms with Crippen LogP contribution >= 0.6 is 0 Å². The molecule has 26 heavy (non-hydrogen) atoms. The van der Waals surface area contributed by atoms with Gasteiger partial charge in [-0.05, 0) is 36.4 Å². The highest BCUT2D eigenvalue weighted by molar-refractivity contribution is 7.90. The molecule has 0 bridgehead atoms. The highest BCUT2D eigenvalue weighted by atomic mass is 32.2. The van der Waals surface area contributed by atoms with Crippen LogP contribution in [0.2, 0.25) is 0 Å². The molecule has 0 spiro atoms. The number of phenolic OH excluding ortho intramolecular Hbond substituents is 1. The molecule has 0 amide bonds. The van der Waals surface area contributed by atoms with Gasteiger partial charge in [0.05, 0.1) is 21.8 Å². The van der Waals surface area contributed by atoms with Crippen molar-refractivity contribution in [1.82, 2.24) is 10.2 Å².